The van der Waals surface area contributed by atoms with Crippen molar-refractivity contribution >= 4 is 16.3 Å². The molecule has 1 aliphatic heterocycles. The summed E-state index contributed by atoms with van der Waals surface area (Å²) < 4.78 is 48.0. The van der Waals surface area contributed by atoms with Crippen LogP contribution in [-0.4, -0.2) is 95.4 Å². The molecule has 1 saturated heterocycles. The summed E-state index contributed by atoms with van der Waals surface area (Å²) in [6.45, 7) is 3.51. The molecule has 1 aliphatic rings. The Bertz CT molecular complexity index is 1330. The molecule has 75 heavy (non-hydrogen) atoms. The van der Waals surface area contributed by atoms with Gasteiger partial charge in [-0.25, -0.2) is 4.18 Å². The van der Waals surface area contributed by atoms with Crippen LogP contribution in [0.25, 0.3) is 0 Å². The van der Waals surface area contributed by atoms with E-state index in [2.05, 4.69) is 23.3 Å². The minimum absolute atomic E-state index is 0.221. The number of rotatable bonds is 58. The molecular formula is C62H123NO11S. The molecule has 0 aromatic rings. The molecule has 0 bridgehead atoms. The third kappa shape index (κ3) is 44.5. The van der Waals surface area contributed by atoms with Crippen LogP contribution < -0.4 is 5.32 Å². The van der Waals surface area contributed by atoms with Crippen molar-refractivity contribution in [2.45, 2.75) is 378 Å². The molecule has 7 unspecified atom stereocenters. The Morgan fingerprint density at radius 3 is 1.07 bits per heavy atom. The van der Waals surface area contributed by atoms with E-state index in [9.17, 15) is 38.2 Å². The van der Waals surface area contributed by atoms with Crippen LogP contribution in [0.3, 0.4) is 0 Å². The molecule has 1 heterocycles. The van der Waals surface area contributed by atoms with Crippen molar-refractivity contribution in [3.8, 4) is 0 Å². The summed E-state index contributed by atoms with van der Waals surface area (Å²) in [5, 5.41) is 45.2. The molecule has 12 nitrogen and oxygen atoms in total. The number of hydrogen-bond donors (Lipinski definition) is 6. The van der Waals surface area contributed by atoms with Crippen molar-refractivity contribution in [2.75, 3.05) is 13.2 Å². The number of aliphatic hydroxyl groups excluding tert-OH is 4. The molecule has 0 radical (unpaired) electrons. The minimum Gasteiger partial charge on any atom is -0.394 e. The summed E-state index contributed by atoms with van der Waals surface area (Å²) in [5.41, 5.74) is 0. The van der Waals surface area contributed by atoms with Crippen LogP contribution in [0.1, 0.15) is 335 Å². The van der Waals surface area contributed by atoms with Crippen LogP contribution in [0.5, 0.6) is 0 Å². The van der Waals surface area contributed by atoms with Gasteiger partial charge in [0.25, 0.3) is 0 Å². The van der Waals surface area contributed by atoms with Gasteiger partial charge >= 0.3 is 10.4 Å². The lowest BCUT2D eigenvalue weighted by Crippen LogP contribution is -2.61. The van der Waals surface area contributed by atoms with E-state index in [1.165, 1.54) is 257 Å². The number of amides is 1. The number of ether oxygens (including phenoxy) is 2. The maximum atomic E-state index is 13.2. The summed E-state index contributed by atoms with van der Waals surface area (Å²) >= 11 is 0. The molecule has 6 N–H and O–H groups in total. The first-order valence-corrected chi connectivity index (χ1v) is 33.8. The van der Waals surface area contributed by atoms with E-state index in [0.717, 1.165) is 51.4 Å². The van der Waals surface area contributed by atoms with Gasteiger partial charge in [-0.2, -0.15) is 8.42 Å². The highest BCUT2D eigenvalue weighted by molar-refractivity contribution is 7.80. The Morgan fingerprint density at radius 2 is 0.773 bits per heavy atom. The predicted octanol–water partition coefficient (Wildman–Crippen LogP) is 16.0. The fraction of sp³-hybridized carbons (Fsp3) is 0.984. The third-order valence-electron chi connectivity index (χ3n) is 15.9. The highest BCUT2D eigenvalue weighted by atomic mass is 32.3. The first-order valence-electron chi connectivity index (χ1n) is 32.4. The fourth-order valence-corrected chi connectivity index (χ4v) is 11.4. The van der Waals surface area contributed by atoms with Gasteiger partial charge in [0.2, 0.25) is 5.91 Å². The van der Waals surface area contributed by atoms with Gasteiger partial charge in [0.05, 0.1) is 25.4 Å². The van der Waals surface area contributed by atoms with Crippen molar-refractivity contribution in [3.63, 3.8) is 0 Å². The van der Waals surface area contributed by atoms with Gasteiger partial charge in [-0.05, 0) is 12.8 Å². The van der Waals surface area contributed by atoms with Crippen molar-refractivity contribution in [1.82, 2.24) is 5.32 Å². The predicted molar refractivity (Wildman–Crippen MR) is 310 cm³/mol. The van der Waals surface area contributed by atoms with Crippen molar-refractivity contribution in [2.24, 2.45) is 0 Å². The monoisotopic (exact) mass is 1090 g/mol. The Labute approximate surface area is 462 Å². The van der Waals surface area contributed by atoms with Gasteiger partial charge in [0, 0.05) is 6.42 Å². The quantitative estimate of drug-likeness (QED) is 0.0251. The number of hydrogen-bond acceptors (Lipinski definition) is 10. The Morgan fingerprint density at radius 1 is 0.480 bits per heavy atom. The lowest BCUT2D eigenvalue weighted by atomic mass is 9.99. The second kappa shape index (κ2) is 52.5. The van der Waals surface area contributed by atoms with Gasteiger partial charge in [-0.15, -0.1) is 0 Å². The molecule has 0 saturated carbocycles. The van der Waals surface area contributed by atoms with E-state index in [1.807, 2.05) is 0 Å². The maximum absolute atomic E-state index is 13.2. The molecule has 0 aromatic heterocycles. The fourth-order valence-electron chi connectivity index (χ4n) is 10.9. The van der Waals surface area contributed by atoms with Crippen molar-refractivity contribution in [3.05, 3.63) is 0 Å². The number of unbranched alkanes of at least 4 members (excludes halogenated alkanes) is 46. The Balaban J connectivity index is 2.18. The number of carbonyl (C=O) groups is 1. The van der Waals surface area contributed by atoms with Gasteiger partial charge in [-0.3, -0.25) is 9.35 Å². The minimum atomic E-state index is -5.08. The molecule has 1 fully saturated rings. The van der Waals surface area contributed by atoms with E-state index in [-0.39, 0.29) is 12.5 Å². The Kier molecular flexibility index (Phi) is 50.5. The van der Waals surface area contributed by atoms with E-state index in [0.29, 0.717) is 12.8 Å². The number of nitrogens with one attached hydrogen (secondary N) is 1. The highest BCUT2D eigenvalue weighted by Crippen LogP contribution is 2.27. The molecular weight excluding hydrogens is 967 g/mol. The molecule has 0 aromatic carbocycles. The van der Waals surface area contributed by atoms with Crippen molar-refractivity contribution in [1.29, 1.82) is 0 Å². The average molecular weight is 1090 g/mol. The summed E-state index contributed by atoms with van der Waals surface area (Å²) in [7, 11) is -5.08. The average Bonchev–Trinajstić information content (AvgIpc) is 3.39. The topological polar surface area (TPSA) is 192 Å². The lowest BCUT2D eigenvalue weighted by molar-refractivity contribution is -0.298. The second-order valence-corrected chi connectivity index (χ2v) is 24.1. The zero-order valence-corrected chi connectivity index (χ0v) is 49.7. The molecule has 1 rings (SSSR count). The van der Waals surface area contributed by atoms with E-state index >= 15 is 0 Å². The van der Waals surface area contributed by atoms with Gasteiger partial charge < -0.3 is 35.2 Å². The number of aliphatic hydroxyl groups is 4. The van der Waals surface area contributed by atoms with Crippen LogP contribution in [0.15, 0.2) is 0 Å². The molecule has 13 heteroatoms. The summed E-state index contributed by atoms with van der Waals surface area (Å²) in [6, 6.07) is -0.853. The van der Waals surface area contributed by atoms with E-state index in [4.69, 9.17) is 9.47 Å². The first-order chi connectivity index (χ1) is 36.5. The standard InChI is InChI=1S/C62H123NO11S/c1-3-5-7-9-11-13-15-17-19-20-21-22-23-24-25-26-27-28-29-30-31-32-33-34-35-36-38-40-42-44-46-48-50-52-58(66)63-55(54-72-62-60(68)61(74-75(69,70)71)59(67)57(53-64)73-62)56(65)51-49-47-45-43-41-39-37-18-16-14-12-10-8-6-4-2/h55-57,59-62,64-65,67-68H,3-54H2,1-2H3,(H,63,66)(H,69,70,71). The summed E-state index contributed by atoms with van der Waals surface area (Å²) in [5.74, 6) is -0.221. The third-order valence-corrected chi connectivity index (χ3v) is 16.4. The molecule has 1 amide bonds. The number of carbonyl (C=O) groups excluding carboxylic acids is 1. The maximum Gasteiger partial charge on any atom is 0.397 e. The smallest absolute Gasteiger partial charge is 0.394 e. The van der Waals surface area contributed by atoms with Gasteiger partial charge in [-0.1, -0.05) is 316 Å². The second-order valence-electron chi connectivity index (χ2n) is 23.1. The van der Waals surface area contributed by atoms with Gasteiger partial charge in [0.15, 0.2) is 6.29 Å². The Hall–Kier alpha value is -0.900. The largest absolute Gasteiger partial charge is 0.397 e. The normalized spacial score (nSPS) is 18.9. The van der Waals surface area contributed by atoms with Crippen LogP contribution in [0, 0.1) is 0 Å². The van der Waals surface area contributed by atoms with Gasteiger partial charge in [0.1, 0.15) is 24.4 Å². The molecule has 448 valence electrons. The van der Waals surface area contributed by atoms with Crippen LogP contribution in [0.4, 0.5) is 0 Å². The summed E-state index contributed by atoms with van der Waals surface area (Å²) in [6.07, 6.45) is 54.3. The summed E-state index contributed by atoms with van der Waals surface area (Å²) in [4.78, 5) is 13.2. The SMILES string of the molecule is CCCCCCCCCCCCCCCCCCCCCCCCCCCCCCCCCCCC(=O)NC(COC1OC(CO)C(O)C(OS(=O)(=O)O)C1O)C(O)CCCCCCCCCCCCCCCCC. The zero-order valence-electron chi connectivity index (χ0n) is 48.9. The zero-order chi connectivity index (χ0) is 54.7. The van der Waals surface area contributed by atoms with Crippen LogP contribution >= 0.6 is 0 Å². The highest BCUT2D eigenvalue weighted by Gasteiger charge is 2.48. The molecule has 0 spiro atoms. The lowest BCUT2D eigenvalue weighted by Gasteiger charge is -2.41. The molecule has 0 aliphatic carbocycles. The van der Waals surface area contributed by atoms with Crippen LogP contribution in [0.2, 0.25) is 0 Å². The van der Waals surface area contributed by atoms with E-state index in [1.54, 1.807) is 0 Å². The van der Waals surface area contributed by atoms with Crippen molar-refractivity contribution < 1.29 is 51.8 Å². The van der Waals surface area contributed by atoms with E-state index < -0.39 is 59.9 Å². The molecule has 7 atom stereocenters. The first kappa shape index (κ1) is 72.1. The van der Waals surface area contributed by atoms with Crippen LogP contribution in [-0.2, 0) is 28.9 Å².